The van der Waals surface area contributed by atoms with E-state index in [1.165, 1.54) is 0 Å². The van der Waals surface area contributed by atoms with Crippen LogP contribution in [-0.2, 0) is 9.53 Å². The highest BCUT2D eigenvalue weighted by molar-refractivity contribution is 6.30. The second kappa shape index (κ2) is 7.38. The molecule has 0 heterocycles. The maximum absolute atomic E-state index is 11.4. The lowest BCUT2D eigenvalue weighted by Gasteiger charge is -2.03. The summed E-state index contributed by atoms with van der Waals surface area (Å²) < 4.78 is 4.65. The van der Waals surface area contributed by atoms with Crippen molar-refractivity contribution in [1.29, 1.82) is 0 Å². The number of esters is 1. The van der Waals surface area contributed by atoms with Gasteiger partial charge in [0.25, 0.3) is 0 Å². The molecule has 6 nitrogen and oxygen atoms in total. The normalized spacial score (nSPS) is 10.9. The van der Waals surface area contributed by atoms with E-state index in [0.717, 1.165) is 0 Å². The van der Waals surface area contributed by atoms with Crippen molar-refractivity contribution in [3.05, 3.63) is 34.9 Å². The lowest BCUT2D eigenvalue weighted by Crippen LogP contribution is -2.30. The summed E-state index contributed by atoms with van der Waals surface area (Å²) in [6, 6.07) is 5.84. The minimum atomic E-state index is -0.708. The zero-order valence-electron chi connectivity index (χ0n) is 10.4. The Bertz CT molecular complexity index is 485. The molecule has 0 saturated heterocycles. The number of amides is 2. The summed E-state index contributed by atoms with van der Waals surface area (Å²) in [6.07, 6.45) is 0. The molecule has 0 bridgehead atoms. The van der Waals surface area contributed by atoms with E-state index >= 15 is 0 Å². The fraction of sp³-hybridized carbons (Fsp3) is 0.250. The molecule has 3 N–H and O–H groups in total. The highest BCUT2D eigenvalue weighted by atomic mass is 35.5. The molecule has 0 spiro atoms. The molecule has 7 heteroatoms. The van der Waals surface area contributed by atoms with Crippen molar-refractivity contribution in [3.8, 4) is 0 Å². The number of halogens is 1. The molecule has 1 rings (SSSR count). The van der Waals surface area contributed by atoms with Gasteiger partial charge in [-0.3, -0.25) is 4.79 Å². The molecule has 0 fully saturated rings. The average Bonchev–Trinajstić information content (AvgIpc) is 2.37. The number of carbonyl (C=O) groups excluding carboxylic acids is 2. The number of nitrogens with zero attached hydrogens (tertiary/aromatic N) is 1. The SMILES string of the molecule is CCOC(=O)CNC(=O)/N=C(\N)c1ccc(Cl)cc1. The largest absolute Gasteiger partial charge is 0.465 e. The Hall–Kier alpha value is -2.08. The Kier molecular flexibility index (Phi) is 5.81. The van der Waals surface area contributed by atoms with Crippen molar-refractivity contribution in [1.82, 2.24) is 5.32 Å². The second-order valence-electron chi connectivity index (χ2n) is 3.47. The Morgan fingerprint density at radius 2 is 2.00 bits per heavy atom. The number of nitrogens with one attached hydrogen (secondary N) is 1. The van der Waals surface area contributed by atoms with Crippen molar-refractivity contribution in [2.45, 2.75) is 6.92 Å². The smallest absolute Gasteiger partial charge is 0.343 e. The fourth-order valence-electron chi connectivity index (χ4n) is 1.19. The average molecular weight is 284 g/mol. The number of rotatable bonds is 4. The molecule has 19 heavy (non-hydrogen) atoms. The van der Waals surface area contributed by atoms with Gasteiger partial charge in [0.1, 0.15) is 12.4 Å². The molecule has 0 radical (unpaired) electrons. The Morgan fingerprint density at radius 3 is 2.58 bits per heavy atom. The van der Waals surface area contributed by atoms with E-state index in [2.05, 4.69) is 15.0 Å². The highest BCUT2D eigenvalue weighted by Gasteiger charge is 2.06. The monoisotopic (exact) mass is 283 g/mol. The molecular formula is C12H14ClN3O3. The Labute approximate surface area is 115 Å². The summed E-state index contributed by atoms with van der Waals surface area (Å²) in [6.45, 7) is 1.69. The van der Waals surface area contributed by atoms with Crippen molar-refractivity contribution >= 4 is 29.4 Å². The van der Waals surface area contributed by atoms with E-state index in [1.807, 2.05) is 0 Å². The standard InChI is InChI=1S/C12H14ClN3O3/c1-2-19-10(17)7-15-12(18)16-11(14)8-3-5-9(13)6-4-8/h3-6H,2,7H2,1H3,(H3,14,15,16,18). The zero-order chi connectivity index (χ0) is 14.3. The molecular weight excluding hydrogens is 270 g/mol. The number of aliphatic imine (C=N–C) groups is 1. The number of benzene rings is 1. The van der Waals surface area contributed by atoms with Gasteiger partial charge in [-0.05, 0) is 31.2 Å². The number of urea groups is 1. The van der Waals surface area contributed by atoms with E-state index in [-0.39, 0.29) is 19.0 Å². The summed E-state index contributed by atoms with van der Waals surface area (Å²) in [7, 11) is 0. The van der Waals surface area contributed by atoms with E-state index in [4.69, 9.17) is 17.3 Å². The van der Waals surface area contributed by atoms with Gasteiger partial charge < -0.3 is 15.8 Å². The molecule has 1 aromatic carbocycles. The van der Waals surface area contributed by atoms with Crippen LogP contribution < -0.4 is 11.1 Å². The van der Waals surface area contributed by atoms with Gasteiger partial charge in [0.2, 0.25) is 0 Å². The minimum Gasteiger partial charge on any atom is -0.465 e. The zero-order valence-corrected chi connectivity index (χ0v) is 11.1. The molecule has 102 valence electrons. The lowest BCUT2D eigenvalue weighted by atomic mass is 10.2. The summed E-state index contributed by atoms with van der Waals surface area (Å²) in [5.41, 5.74) is 6.21. The number of nitrogens with two attached hydrogens (primary N) is 1. The van der Waals surface area contributed by atoms with Crippen LogP contribution in [0.2, 0.25) is 5.02 Å². The molecule has 2 amide bonds. The van der Waals surface area contributed by atoms with Crippen molar-refractivity contribution in [2.75, 3.05) is 13.2 Å². The van der Waals surface area contributed by atoms with Crippen LogP contribution >= 0.6 is 11.6 Å². The van der Waals surface area contributed by atoms with Crippen molar-refractivity contribution < 1.29 is 14.3 Å². The van der Waals surface area contributed by atoms with Gasteiger partial charge in [0.05, 0.1) is 6.61 Å². The van der Waals surface area contributed by atoms with Crippen LogP contribution in [0.25, 0.3) is 0 Å². The first kappa shape index (κ1) is 15.0. The lowest BCUT2D eigenvalue weighted by molar-refractivity contribution is -0.141. The van der Waals surface area contributed by atoms with Gasteiger partial charge in [0.15, 0.2) is 0 Å². The summed E-state index contributed by atoms with van der Waals surface area (Å²) in [5, 5.41) is 2.83. The first-order chi connectivity index (χ1) is 9.02. The van der Waals surface area contributed by atoms with Gasteiger partial charge in [-0.25, -0.2) is 4.79 Å². The Morgan fingerprint density at radius 1 is 1.37 bits per heavy atom. The van der Waals surface area contributed by atoms with Crippen LogP contribution in [0.4, 0.5) is 4.79 Å². The van der Waals surface area contributed by atoms with E-state index in [1.54, 1.807) is 31.2 Å². The molecule has 0 atom stereocenters. The summed E-state index contributed by atoms with van der Waals surface area (Å²) >= 11 is 5.73. The second-order valence-corrected chi connectivity index (χ2v) is 3.90. The van der Waals surface area contributed by atoms with Crippen LogP contribution in [0.1, 0.15) is 12.5 Å². The molecule has 0 saturated carbocycles. The minimum absolute atomic E-state index is 0.0398. The van der Waals surface area contributed by atoms with Gasteiger partial charge in [-0.1, -0.05) is 11.6 Å². The molecule has 0 aliphatic heterocycles. The maximum atomic E-state index is 11.4. The van der Waals surface area contributed by atoms with Crippen LogP contribution in [0, 0.1) is 0 Å². The molecule has 0 aliphatic rings. The third-order valence-corrected chi connectivity index (χ3v) is 2.30. The summed E-state index contributed by atoms with van der Waals surface area (Å²) in [5.74, 6) is -0.492. The van der Waals surface area contributed by atoms with E-state index in [0.29, 0.717) is 10.6 Å². The fourth-order valence-corrected chi connectivity index (χ4v) is 1.32. The number of ether oxygens (including phenoxy) is 1. The maximum Gasteiger partial charge on any atom is 0.343 e. The number of amidine groups is 1. The molecule has 0 aromatic heterocycles. The first-order valence-corrected chi connectivity index (χ1v) is 5.94. The van der Waals surface area contributed by atoms with Crippen molar-refractivity contribution in [2.24, 2.45) is 10.7 Å². The van der Waals surface area contributed by atoms with E-state index < -0.39 is 12.0 Å². The van der Waals surface area contributed by atoms with Crippen molar-refractivity contribution in [3.63, 3.8) is 0 Å². The highest BCUT2D eigenvalue weighted by Crippen LogP contribution is 2.09. The first-order valence-electron chi connectivity index (χ1n) is 5.56. The number of hydrogen-bond acceptors (Lipinski definition) is 3. The van der Waals surface area contributed by atoms with Crippen LogP contribution in [0.15, 0.2) is 29.3 Å². The van der Waals surface area contributed by atoms with Crippen LogP contribution in [0.3, 0.4) is 0 Å². The van der Waals surface area contributed by atoms with Gasteiger partial charge in [-0.15, -0.1) is 0 Å². The van der Waals surface area contributed by atoms with Crippen LogP contribution in [0.5, 0.6) is 0 Å². The predicted octanol–water partition coefficient (Wildman–Crippen LogP) is 1.32. The summed E-state index contributed by atoms with van der Waals surface area (Å²) in [4.78, 5) is 26.0. The molecule has 0 unspecified atom stereocenters. The van der Waals surface area contributed by atoms with Gasteiger partial charge in [-0.2, -0.15) is 4.99 Å². The quantitative estimate of drug-likeness (QED) is 0.495. The van der Waals surface area contributed by atoms with Gasteiger partial charge >= 0.3 is 12.0 Å². The van der Waals surface area contributed by atoms with E-state index in [9.17, 15) is 9.59 Å². The topological polar surface area (TPSA) is 93.8 Å². The van der Waals surface area contributed by atoms with Crippen LogP contribution in [-0.4, -0.2) is 31.0 Å². The molecule has 1 aromatic rings. The van der Waals surface area contributed by atoms with Gasteiger partial charge in [0, 0.05) is 10.6 Å². The number of carbonyl (C=O) groups is 2. The Balaban J connectivity index is 2.56. The predicted molar refractivity (Wildman–Crippen MR) is 72.2 cm³/mol. The third-order valence-electron chi connectivity index (χ3n) is 2.05. The third kappa shape index (κ3) is 5.39. The molecule has 0 aliphatic carbocycles. The number of hydrogen-bond donors (Lipinski definition) is 2.